The molecule has 0 aliphatic rings. The van der Waals surface area contributed by atoms with E-state index in [9.17, 15) is 8.42 Å². The first kappa shape index (κ1) is 15.6. The maximum Gasteiger partial charge on any atom is 0.261 e. The first-order valence-electron chi connectivity index (χ1n) is 6.85. The largest absolute Gasteiger partial charge is 0.282 e. The monoisotopic (exact) mass is 347 g/mol. The lowest BCUT2D eigenvalue weighted by atomic mass is 10.1. The number of sulfonamides is 1. The zero-order valence-electron chi connectivity index (χ0n) is 12.2. The van der Waals surface area contributed by atoms with E-state index in [0.717, 1.165) is 17.0 Å². The van der Waals surface area contributed by atoms with Gasteiger partial charge in [0.15, 0.2) is 0 Å². The average molecular weight is 348 g/mol. The Morgan fingerprint density at radius 3 is 2.26 bits per heavy atom. The van der Waals surface area contributed by atoms with Crippen molar-refractivity contribution >= 4 is 27.3 Å². The molecule has 3 aromatic rings. The van der Waals surface area contributed by atoms with E-state index >= 15 is 0 Å². The van der Waals surface area contributed by atoms with Crippen LogP contribution in [-0.4, -0.2) is 18.6 Å². The number of rotatable bonds is 4. The minimum atomic E-state index is -3.63. The van der Waals surface area contributed by atoms with Crippen molar-refractivity contribution in [2.24, 2.45) is 0 Å². The SMILES string of the molecule is Cc1cc(-c2ccc(NS(=O)(=O)c3ccc(Cl)cc3)cc2)n[nH]1. The van der Waals surface area contributed by atoms with Gasteiger partial charge in [0, 0.05) is 22.0 Å². The molecule has 3 rings (SSSR count). The van der Waals surface area contributed by atoms with E-state index in [1.165, 1.54) is 12.1 Å². The Morgan fingerprint density at radius 1 is 1.04 bits per heavy atom. The number of nitrogens with zero attached hydrogens (tertiary/aromatic N) is 1. The van der Waals surface area contributed by atoms with Crippen molar-refractivity contribution in [2.45, 2.75) is 11.8 Å². The number of H-pyrrole nitrogens is 1. The third kappa shape index (κ3) is 3.55. The number of aryl methyl sites for hydroxylation is 1. The maximum atomic E-state index is 12.3. The Morgan fingerprint density at radius 2 is 1.70 bits per heavy atom. The first-order chi connectivity index (χ1) is 10.9. The molecule has 5 nitrogen and oxygen atoms in total. The van der Waals surface area contributed by atoms with Gasteiger partial charge in [-0.3, -0.25) is 9.82 Å². The van der Waals surface area contributed by atoms with Gasteiger partial charge in [-0.1, -0.05) is 23.7 Å². The van der Waals surface area contributed by atoms with Crippen molar-refractivity contribution in [3.05, 3.63) is 65.3 Å². The highest BCUT2D eigenvalue weighted by atomic mass is 35.5. The molecule has 0 spiro atoms. The molecule has 23 heavy (non-hydrogen) atoms. The first-order valence-corrected chi connectivity index (χ1v) is 8.71. The van der Waals surface area contributed by atoms with Gasteiger partial charge < -0.3 is 0 Å². The predicted octanol–water partition coefficient (Wildman–Crippen LogP) is 3.84. The second kappa shape index (κ2) is 6.06. The quantitative estimate of drug-likeness (QED) is 0.753. The molecule has 118 valence electrons. The Balaban J connectivity index is 1.81. The van der Waals surface area contributed by atoms with E-state index < -0.39 is 10.0 Å². The molecule has 0 bridgehead atoms. The minimum Gasteiger partial charge on any atom is -0.282 e. The molecule has 2 N–H and O–H groups in total. The van der Waals surface area contributed by atoms with Gasteiger partial charge in [0.25, 0.3) is 10.0 Å². The molecule has 0 saturated carbocycles. The maximum absolute atomic E-state index is 12.3. The van der Waals surface area contributed by atoms with Crippen molar-refractivity contribution in [2.75, 3.05) is 4.72 Å². The minimum absolute atomic E-state index is 0.161. The molecule has 0 unspecified atom stereocenters. The summed E-state index contributed by atoms with van der Waals surface area (Å²) in [6.45, 7) is 1.92. The smallest absolute Gasteiger partial charge is 0.261 e. The van der Waals surface area contributed by atoms with Gasteiger partial charge in [0.2, 0.25) is 0 Å². The molecule has 0 saturated heterocycles. The summed E-state index contributed by atoms with van der Waals surface area (Å²) < 4.78 is 27.1. The summed E-state index contributed by atoms with van der Waals surface area (Å²) in [5.41, 5.74) is 3.17. The summed E-state index contributed by atoms with van der Waals surface area (Å²) in [4.78, 5) is 0.161. The van der Waals surface area contributed by atoms with Gasteiger partial charge >= 0.3 is 0 Å². The van der Waals surface area contributed by atoms with Crippen LogP contribution in [-0.2, 0) is 10.0 Å². The van der Waals surface area contributed by atoms with Crippen LogP contribution in [0, 0.1) is 6.92 Å². The van der Waals surface area contributed by atoms with E-state index in [1.807, 2.05) is 25.1 Å². The Kier molecular flexibility index (Phi) is 4.11. The van der Waals surface area contributed by atoms with Crippen LogP contribution in [0.1, 0.15) is 5.69 Å². The highest BCUT2D eigenvalue weighted by molar-refractivity contribution is 7.92. The molecule has 1 aromatic heterocycles. The van der Waals surface area contributed by atoms with E-state index in [1.54, 1.807) is 24.3 Å². The van der Waals surface area contributed by atoms with Crippen LogP contribution in [0.15, 0.2) is 59.5 Å². The van der Waals surface area contributed by atoms with Gasteiger partial charge in [-0.25, -0.2) is 8.42 Å². The molecule has 0 aliphatic carbocycles. The van der Waals surface area contributed by atoms with Crippen LogP contribution < -0.4 is 4.72 Å². The number of halogens is 1. The van der Waals surface area contributed by atoms with E-state index in [4.69, 9.17) is 11.6 Å². The fourth-order valence-electron chi connectivity index (χ4n) is 2.10. The van der Waals surface area contributed by atoms with Crippen LogP contribution in [0.2, 0.25) is 5.02 Å². The molecule has 0 aliphatic heterocycles. The third-order valence-electron chi connectivity index (χ3n) is 3.26. The fraction of sp³-hybridized carbons (Fsp3) is 0.0625. The standard InChI is InChI=1S/C16H14ClN3O2S/c1-11-10-16(19-18-11)12-2-6-14(7-3-12)20-23(21,22)15-8-4-13(17)5-9-15/h2-10,20H,1H3,(H,18,19). The van der Waals surface area contributed by atoms with Crippen LogP contribution >= 0.6 is 11.6 Å². The lowest BCUT2D eigenvalue weighted by molar-refractivity contribution is 0.601. The number of aromatic nitrogens is 2. The van der Waals surface area contributed by atoms with E-state index in [2.05, 4.69) is 14.9 Å². The summed E-state index contributed by atoms with van der Waals surface area (Å²) in [6, 6.07) is 15.0. The highest BCUT2D eigenvalue weighted by Gasteiger charge is 2.14. The number of anilines is 1. The fourth-order valence-corrected chi connectivity index (χ4v) is 3.29. The van der Waals surface area contributed by atoms with Crippen molar-refractivity contribution in [1.82, 2.24) is 10.2 Å². The summed E-state index contributed by atoms with van der Waals surface area (Å²) in [7, 11) is -3.63. The topological polar surface area (TPSA) is 74.8 Å². The van der Waals surface area contributed by atoms with Gasteiger partial charge in [-0.05, 0) is 49.4 Å². The summed E-state index contributed by atoms with van der Waals surface area (Å²) >= 11 is 5.78. The number of hydrogen-bond donors (Lipinski definition) is 2. The molecule has 0 amide bonds. The second-order valence-electron chi connectivity index (χ2n) is 5.07. The second-order valence-corrected chi connectivity index (χ2v) is 7.19. The molecule has 1 heterocycles. The molecule has 0 radical (unpaired) electrons. The number of benzene rings is 2. The Bertz CT molecular complexity index is 917. The van der Waals surface area contributed by atoms with Crippen molar-refractivity contribution in [3.63, 3.8) is 0 Å². The van der Waals surface area contributed by atoms with Crippen LogP contribution in [0.25, 0.3) is 11.3 Å². The van der Waals surface area contributed by atoms with Gasteiger partial charge in [0.05, 0.1) is 10.6 Å². The number of nitrogens with one attached hydrogen (secondary N) is 2. The molecule has 7 heteroatoms. The summed E-state index contributed by atoms with van der Waals surface area (Å²) in [5, 5.41) is 7.53. The van der Waals surface area contributed by atoms with Crippen molar-refractivity contribution < 1.29 is 8.42 Å². The zero-order valence-corrected chi connectivity index (χ0v) is 13.8. The average Bonchev–Trinajstić information content (AvgIpc) is 2.95. The van der Waals surface area contributed by atoms with Gasteiger partial charge in [-0.15, -0.1) is 0 Å². The summed E-state index contributed by atoms with van der Waals surface area (Å²) in [5.74, 6) is 0. The van der Waals surface area contributed by atoms with Crippen molar-refractivity contribution in [3.8, 4) is 11.3 Å². The van der Waals surface area contributed by atoms with Crippen molar-refractivity contribution in [1.29, 1.82) is 0 Å². The van der Waals surface area contributed by atoms with Crippen LogP contribution in [0.5, 0.6) is 0 Å². The number of aromatic amines is 1. The lowest BCUT2D eigenvalue weighted by Crippen LogP contribution is -2.12. The van der Waals surface area contributed by atoms with Crippen LogP contribution in [0.4, 0.5) is 5.69 Å². The van der Waals surface area contributed by atoms with Crippen LogP contribution in [0.3, 0.4) is 0 Å². The molecule has 0 atom stereocenters. The number of hydrogen-bond acceptors (Lipinski definition) is 3. The zero-order chi connectivity index (χ0) is 16.4. The Hall–Kier alpha value is -2.31. The third-order valence-corrected chi connectivity index (χ3v) is 4.91. The summed E-state index contributed by atoms with van der Waals surface area (Å²) in [6.07, 6.45) is 0. The van der Waals surface area contributed by atoms with Gasteiger partial charge in [-0.2, -0.15) is 5.10 Å². The molecular weight excluding hydrogens is 334 g/mol. The van der Waals surface area contributed by atoms with E-state index in [0.29, 0.717) is 10.7 Å². The molecule has 2 aromatic carbocycles. The molecular formula is C16H14ClN3O2S. The lowest BCUT2D eigenvalue weighted by Gasteiger charge is -2.08. The predicted molar refractivity (Wildman–Crippen MR) is 91.0 cm³/mol. The van der Waals surface area contributed by atoms with Gasteiger partial charge in [0.1, 0.15) is 0 Å². The molecule has 0 fully saturated rings. The Labute approximate surface area is 139 Å². The highest BCUT2D eigenvalue weighted by Crippen LogP contribution is 2.22. The normalized spacial score (nSPS) is 11.4. The van der Waals surface area contributed by atoms with E-state index in [-0.39, 0.29) is 4.90 Å².